The molecule has 8 nitrogen and oxygen atoms in total. The van der Waals surface area contributed by atoms with Crippen molar-refractivity contribution in [1.29, 1.82) is 0 Å². The smallest absolute Gasteiger partial charge is 0.407 e. The maximum atomic E-state index is 11.3. The Morgan fingerprint density at radius 1 is 1.44 bits per heavy atom. The number of amides is 1. The van der Waals surface area contributed by atoms with Crippen LogP contribution in [-0.2, 0) is 9.53 Å². The number of carbonyl (C=O) groups excluding carboxylic acids is 1. The lowest BCUT2D eigenvalue weighted by Crippen LogP contribution is -2.46. The fraction of sp³-hybridized carbons (Fsp3) is 0.800. The summed E-state index contributed by atoms with van der Waals surface area (Å²) in [7, 11) is 1.23. The van der Waals surface area contributed by atoms with Gasteiger partial charge < -0.3 is 14.7 Å². The standard InChI is InChI=1S/C10H16N2O6/c1-18-8(13)6-10(7-12(16)17)2-4-11(5-3-10)9(14)15/h2-7H2,1H3,(H,14,15). The van der Waals surface area contributed by atoms with Crippen LogP contribution in [0.5, 0.6) is 0 Å². The van der Waals surface area contributed by atoms with Crippen LogP contribution in [0.4, 0.5) is 4.79 Å². The third-order valence-electron chi connectivity index (χ3n) is 3.31. The molecule has 1 saturated heterocycles. The fourth-order valence-corrected chi connectivity index (χ4v) is 2.22. The molecule has 0 bridgehead atoms. The van der Waals surface area contributed by atoms with Crippen molar-refractivity contribution < 1.29 is 24.4 Å². The van der Waals surface area contributed by atoms with E-state index >= 15 is 0 Å². The lowest BCUT2D eigenvalue weighted by molar-refractivity contribution is -0.499. The number of piperidine rings is 1. The molecular formula is C10H16N2O6. The third-order valence-corrected chi connectivity index (χ3v) is 3.31. The molecule has 1 rings (SSSR count). The summed E-state index contributed by atoms with van der Waals surface area (Å²) in [5.74, 6) is -0.499. The van der Waals surface area contributed by atoms with Gasteiger partial charge in [-0.2, -0.15) is 0 Å². The average molecular weight is 260 g/mol. The average Bonchev–Trinajstić information content (AvgIpc) is 2.28. The molecule has 18 heavy (non-hydrogen) atoms. The van der Waals surface area contributed by atoms with E-state index in [4.69, 9.17) is 5.11 Å². The number of carbonyl (C=O) groups is 2. The molecule has 0 aliphatic carbocycles. The zero-order chi connectivity index (χ0) is 13.8. The van der Waals surface area contributed by atoms with E-state index in [-0.39, 0.29) is 26.1 Å². The second-order valence-electron chi connectivity index (χ2n) is 4.51. The lowest BCUT2D eigenvalue weighted by Gasteiger charge is -2.37. The number of hydrogen-bond donors (Lipinski definition) is 1. The van der Waals surface area contributed by atoms with E-state index in [0.717, 1.165) is 0 Å². The van der Waals surface area contributed by atoms with Gasteiger partial charge in [0.1, 0.15) is 0 Å². The van der Waals surface area contributed by atoms with Crippen molar-refractivity contribution in [1.82, 2.24) is 4.90 Å². The molecule has 1 fully saturated rings. The summed E-state index contributed by atoms with van der Waals surface area (Å²) in [5.41, 5.74) is -0.789. The molecule has 8 heteroatoms. The van der Waals surface area contributed by atoms with Crippen molar-refractivity contribution in [3.05, 3.63) is 10.1 Å². The molecule has 0 aromatic heterocycles. The molecule has 0 aromatic carbocycles. The molecule has 1 heterocycles. The number of carboxylic acid groups (broad SMARTS) is 1. The molecule has 1 aliphatic heterocycles. The maximum Gasteiger partial charge on any atom is 0.407 e. The number of rotatable bonds is 4. The molecule has 102 valence electrons. The van der Waals surface area contributed by atoms with E-state index in [9.17, 15) is 19.7 Å². The molecule has 0 spiro atoms. The van der Waals surface area contributed by atoms with E-state index in [2.05, 4.69) is 4.74 Å². The topological polar surface area (TPSA) is 110 Å². The van der Waals surface area contributed by atoms with E-state index < -0.39 is 22.4 Å². The van der Waals surface area contributed by atoms with Crippen molar-refractivity contribution in [2.24, 2.45) is 5.41 Å². The Balaban J connectivity index is 2.72. The number of ether oxygens (including phenoxy) is 1. The highest BCUT2D eigenvalue weighted by Crippen LogP contribution is 2.35. The van der Waals surface area contributed by atoms with E-state index in [1.165, 1.54) is 12.0 Å². The quantitative estimate of drug-likeness (QED) is 0.450. The molecule has 0 atom stereocenters. The second-order valence-corrected chi connectivity index (χ2v) is 4.51. The second kappa shape index (κ2) is 5.65. The van der Waals surface area contributed by atoms with Crippen LogP contribution in [0.25, 0.3) is 0 Å². The summed E-state index contributed by atoms with van der Waals surface area (Å²) in [5, 5.41) is 19.5. The molecule has 0 aromatic rings. The van der Waals surface area contributed by atoms with E-state index in [0.29, 0.717) is 12.8 Å². The summed E-state index contributed by atoms with van der Waals surface area (Å²) >= 11 is 0. The van der Waals surface area contributed by atoms with Gasteiger partial charge in [0.05, 0.1) is 13.5 Å². The van der Waals surface area contributed by atoms with Gasteiger partial charge in [-0.25, -0.2) is 4.79 Å². The number of nitro groups is 1. The van der Waals surface area contributed by atoms with Gasteiger partial charge in [0.15, 0.2) is 0 Å². The summed E-state index contributed by atoms with van der Waals surface area (Å²) in [6, 6.07) is 0. The Morgan fingerprint density at radius 2 is 2.00 bits per heavy atom. The van der Waals surface area contributed by atoms with Gasteiger partial charge in [-0.15, -0.1) is 0 Å². The van der Waals surface area contributed by atoms with E-state index in [1.807, 2.05) is 0 Å². The first-order valence-electron chi connectivity index (χ1n) is 5.55. The Labute approximate surface area is 104 Å². The molecule has 0 radical (unpaired) electrons. The van der Waals surface area contributed by atoms with Crippen molar-refractivity contribution in [3.8, 4) is 0 Å². The predicted molar refractivity (Wildman–Crippen MR) is 59.8 cm³/mol. The van der Waals surface area contributed by atoms with Gasteiger partial charge in [-0.1, -0.05) is 0 Å². The Hall–Kier alpha value is -1.86. The van der Waals surface area contributed by atoms with Crippen LogP contribution in [0, 0.1) is 15.5 Å². The molecule has 1 amide bonds. The number of likely N-dealkylation sites (tertiary alicyclic amines) is 1. The van der Waals surface area contributed by atoms with Crippen molar-refractivity contribution in [2.75, 3.05) is 26.7 Å². The molecule has 0 saturated carbocycles. The van der Waals surface area contributed by atoms with Crippen LogP contribution < -0.4 is 0 Å². The monoisotopic (exact) mass is 260 g/mol. The Morgan fingerprint density at radius 3 is 2.39 bits per heavy atom. The number of hydrogen-bond acceptors (Lipinski definition) is 5. The van der Waals surface area contributed by atoms with Gasteiger partial charge in [-0.05, 0) is 12.8 Å². The summed E-state index contributed by atoms with van der Waals surface area (Å²) in [4.78, 5) is 33.5. The minimum atomic E-state index is -1.04. The number of methoxy groups -OCH3 is 1. The Bertz CT molecular complexity index is 348. The number of esters is 1. The SMILES string of the molecule is COC(=O)CC1(C[N+](=O)[O-])CCN(C(=O)O)CC1. The highest BCUT2D eigenvalue weighted by atomic mass is 16.6. The summed E-state index contributed by atoms with van der Waals surface area (Å²) in [6.45, 7) is 0.0793. The largest absolute Gasteiger partial charge is 0.469 e. The van der Waals surface area contributed by atoms with Gasteiger partial charge in [-0.3, -0.25) is 14.9 Å². The minimum Gasteiger partial charge on any atom is -0.469 e. The zero-order valence-electron chi connectivity index (χ0n) is 10.1. The summed E-state index contributed by atoms with van der Waals surface area (Å²) < 4.78 is 4.54. The maximum absolute atomic E-state index is 11.3. The van der Waals surface area contributed by atoms with Crippen LogP contribution in [-0.4, -0.2) is 53.7 Å². The molecular weight excluding hydrogens is 244 g/mol. The van der Waals surface area contributed by atoms with Gasteiger partial charge >= 0.3 is 12.1 Å². The van der Waals surface area contributed by atoms with Crippen LogP contribution in [0.2, 0.25) is 0 Å². The number of nitrogens with zero attached hydrogens (tertiary/aromatic N) is 2. The Kier molecular flexibility index (Phi) is 4.46. The normalized spacial score (nSPS) is 18.2. The minimum absolute atomic E-state index is 0.0437. The van der Waals surface area contributed by atoms with Crippen LogP contribution in [0.1, 0.15) is 19.3 Å². The first kappa shape index (κ1) is 14.2. The predicted octanol–water partition coefficient (Wildman–Crippen LogP) is 0.586. The fourth-order valence-electron chi connectivity index (χ4n) is 2.22. The third kappa shape index (κ3) is 3.57. The van der Waals surface area contributed by atoms with Crippen LogP contribution in [0.15, 0.2) is 0 Å². The van der Waals surface area contributed by atoms with Crippen LogP contribution >= 0.6 is 0 Å². The summed E-state index contributed by atoms with van der Waals surface area (Å²) in [6.07, 6.45) is -0.481. The van der Waals surface area contributed by atoms with Gasteiger partial charge in [0, 0.05) is 23.4 Å². The molecule has 1 aliphatic rings. The van der Waals surface area contributed by atoms with E-state index in [1.54, 1.807) is 0 Å². The first-order chi connectivity index (χ1) is 8.38. The van der Waals surface area contributed by atoms with Crippen molar-refractivity contribution in [3.63, 3.8) is 0 Å². The molecule has 1 N–H and O–H groups in total. The zero-order valence-corrected chi connectivity index (χ0v) is 10.1. The van der Waals surface area contributed by atoms with Gasteiger partial charge in [0.25, 0.3) is 0 Å². The highest BCUT2D eigenvalue weighted by molar-refractivity contribution is 5.70. The van der Waals surface area contributed by atoms with Crippen molar-refractivity contribution >= 4 is 12.1 Å². The lowest BCUT2D eigenvalue weighted by atomic mass is 9.75. The van der Waals surface area contributed by atoms with Gasteiger partial charge in [0.2, 0.25) is 6.54 Å². The molecule has 0 unspecified atom stereocenters. The highest BCUT2D eigenvalue weighted by Gasteiger charge is 2.42. The van der Waals surface area contributed by atoms with Crippen molar-refractivity contribution in [2.45, 2.75) is 19.3 Å². The van der Waals surface area contributed by atoms with Crippen LogP contribution in [0.3, 0.4) is 0 Å². The first-order valence-corrected chi connectivity index (χ1v) is 5.55.